The fourth-order valence-corrected chi connectivity index (χ4v) is 4.36. The number of hydrogen-bond acceptors (Lipinski definition) is 5. The normalized spacial score (nSPS) is 11.9. The first-order chi connectivity index (χ1) is 17.9. The summed E-state index contributed by atoms with van der Waals surface area (Å²) < 4.78 is 11.8. The van der Waals surface area contributed by atoms with Crippen molar-refractivity contribution < 1.29 is 13.9 Å². The fourth-order valence-electron chi connectivity index (χ4n) is 3.92. The lowest BCUT2D eigenvalue weighted by Gasteiger charge is -2.13. The molecule has 1 atom stereocenters. The molecule has 0 radical (unpaired) electrons. The van der Waals surface area contributed by atoms with Crippen LogP contribution in [-0.4, -0.2) is 22.1 Å². The van der Waals surface area contributed by atoms with Gasteiger partial charge in [0.2, 0.25) is 5.89 Å². The number of nitrogens with one attached hydrogen (secondary N) is 2. The van der Waals surface area contributed by atoms with E-state index in [-0.39, 0.29) is 17.1 Å². The lowest BCUT2D eigenvalue weighted by atomic mass is 10.0. The van der Waals surface area contributed by atoms with Crippen LogP contribution in [0.4, 0.5) is 5.69 Å². The minimum absolute atomic E-state index is 0.111. The third kappa shape index (κ3) is 5.43. The summed E-state index contributed by atoms with van der Waals surface area (Å²) in [6, 6.07) is 24.0. The molecule has 0 saturated heterocycles. The third-order valence-corrected chi connectivity index (χ3v) is 6.53. The van der Waals surface area contributed by atoms with E-state index in [1.165, 1.54) is 0 Å². The van der Waals surface area contributed by atoms with Gasteiger partial charge in [0.05, 0.1) is 6.10 Å². The highest BCUT2D eigenvalue weighted by Crippen LogP contribution is 2.34. The summed E-state index contributed by atoms with van der Waals surface area (Å²) in [5.41, 5.74) is 3.30. The minimum atomic E-state index is -0.313. The molecule has 6 nitrogen and oxygen atoms in total. The van der Waals surface area contributed by atoms with Gasteiger partial charge in [-0.1, -0.05) is 42.8 Å². The van der Waals surface area contributed by atoms with Crippen LogP contribution in [0, 0.1) is 0 Å². The average molecular weight is 530 g/mol. The third-order valence-electron chi connectivity index (χ3n) is 6.00. The molecule has 8 heteroatoms. The average Bonchev–Trinajstić information content (AvgIpc) is 3.32. The SMILES string of the molecule is CC[C@H](C)Oc1ccc(C(=O)NC(=S)Nc2ccc3oc(-c4cccc5c(Cl)cccc45)nc3c2)cc1. The highest BCUT2D eigenvalue weighted by molar-refractivity contribution is 7.80. The van der Waals surface area contributed by atoms with Gasteiger partial charge < -0.3 is 14.5 Å². The van der Waals surface area contributed by atoms with E-state index < -0.39 is 0 Å². The van der Waals surface area contributed by atoms with E-state index in [2.05, 4.69) is 22.5 Å². The molecule has 186 valence electrons. The summed E-state index contributed by atoms with van der Waals surface area (Å²) in [6.45, 7) is 4.06. The van der Waals surface area contributed by atoms with Crippen LogP contribution in [0.1, 0.15) is 30.6 Å². The van der Waals surface area contributed by atoms with Gasteiger partial charge in [0.25, 0.3) is 5.91 Å². The van der Waals surface area contributed by atoms with Gasteiger partial charge in [-0.05, 0) is 85.5 Å². The second kappa shape index (κ2) is 10.6. The van der Waals surface area contributed by atoms with Gasteiger partial charge in [0.1, 0.15) is 11.3 Å². The first-order valence-corrected chi connectivity index (χ1v) is 12.7. The lowest BCUT2D eigenvalue weighted by molar-refractivity contribution is 0.0977. The van der Waals surface area contributed by atoms with Crippen LogP contribution >= 0.6 is 23.8 Å². The van der Waals surface area contributed by atoms with E-state index in [0.29, 0.717) is 33.3 Å². The van der Waals surface area contributed by atoms with Gasteiger partial charge in [-0.3, -0.25) is 10.1 Å². The maximum absolute atomic E-state index is 12.6. The van der Waals surface area contributed by atoms with Gasteiger partial charge in [0, 0.05) is 27.2 Å². The van der Waals surface area contributed by atoms with E-state index in [1.807, 2.05) is 61.5 Å². The fraction of sp³-hybridized carbons (Fsp3) is 0.138. The van der Waals surface area contributed by atoms with E-state index in [1.54, 1.807) is 24.3 Å². The Kier molecular flexibility index (Phi) is 7.08. The summed E-state index contributed by atoms with van der Waals surface area (Å²) in [4.78, 5) is 17.3. The van der Waals surface area contributed by atoms with Crippen LogP contribution < -0.4 is 15.4 Å². The van der Waals surface area contributed by atoms with E-state index in [4.69, 9.17) is 33.0 Å². The number of aromatic nitrogens is 1. The second-order valence-electron chi connectivity index (χ2n) is 8.61. The Balaban J connectivity index is 1.29. The van der Waals surface area contributed by atoms with Crippen LogP contribution in [0.5, 0.6) is 5.75 Å². The Hall–Kier alpha value is -3.94. The van der Waals surface area contributed by atoms with Crippen molar-refractivity contribution in [2.75, 3.05) is 5.32 Å². The molecule has 0 spiro atoms. The van der Waals surface area contributed by atoms with Gasteiger partial charge in [-0.25, -0.2) is 4.98 Å². The molecule has 0 aliphatic heterocycles. The molecule has 1 heterocycles. The number of nitrogens with zero attached hydrogens (tertiary/aromatic N) is 1. The number of ether oxygens (including phenoxy) is 1. The van der Waals surface area contributed by atoms with Gasteiger partial charge in [-0.15, -0.1) is 0 Å². The number of carbonyl (C=O) groups is 1. The molecule has 0 saturated carbocycles. The van der Waals surface area contributed by atoms with Crippen molar-refractivity contribution in [1.82, 2.24) is 10.3 Å². The first kappa shape index (κ1) is 24.7. The molecule has 1 aromatic heterocycles. The topological polar surface area (TPSA) is 76.4 Å². The Labute approximate surface area is 224 Å². The first-order valence-electron chi connectivity index (χ1n) is 11.9. The zero-order valence-corrected chi connectivity index (χ0v) is 21.8. The van der Waals surface area contributed by atoms with Crippen LogP contribution in [0.3, 0.4) is 0 Å². The highest BCUT2D eigenvalue weighted by atomic mass is 35.5. The molecule has 0 aliphatic carbocycles. The lowest BCUT2D eigenvalue weighted by Crippen LogP contribution is -2.34. The molecule has 0 unspecified atom stereocenters. The highest BCUT2D eigenvalue weighted by Gasteiger charge is 2.14. The predicted octanol–water partition coefficient (Wildman–Crippen LogP) is 7.61. The van der Waals surface area contributed by atoms with Crippen molar-refractivity contribution in [2.45, 2.75) is 26.4 Å². The number of hydrogen-bond donors (Lipinski definition) is 2. The molecular formula is C29H24ClN3O3S. The smallest absolute Gasteiger partial charge is 0.257 e. The van der Waals surface area contributed by atoms with Crippen LogP contribution in [-0.2, 0) is 0 Å². The minimum Gasteiger partial charge on any atom is -0.491 e. The summed E-state index contributed by atoms with van der Waals surface area (Å²) in [7, 11) is 0. The van der Waals surface area contributed by atoms with Crippen molar-refractivity contribution in [3.8, 4) is 17.2 Å². The number of thiocarbonyl (C=S) groups is 1. The standard InChI is InChI=1S/C29H24ClN3O3S/c1-3-17(2)35-20-13-10-18(11-14-20)27(34)33-29(37)31-19-12-15-26-25(16-19)32-28(36-26)23-8-4-7-22-21(23)6-5-9-24(22)30/h4-17H,3H2,1-2H3,(H2,31,33,34,37)/t17-/m0/s1. The Morgan fingerprint density at radius 1 is 1.05 bits per heavy atom. The number of amides is 1. The maximum atomic E-state index is 12.6. The number of halogens is 1. The van der Waals surface area contributed by atoms with Crippen molar-refractivity contribution in [3.05, 3.63) is 89.4 Å². The number of carbonyl (C=O) groups excluding carboxylic acids is 1. The molecule has 5 aromatic rings. The molecular weight excluding hydrogens is 506 g/mol. The Morgan fingerprint density at radius 3 is 2.59 bits per heavy atom. The number of rotatable bonds is 6. The van der Waals surface area contributed by atoms with Crippen molar-refractivity contribution in [1.29, 1.82) is 0 Å². The number of benzene rings is 4. The Bertz CT molecular complexity index is 1610. The van der Waals surface area contributed by atoms with Crippen LogP contribution in [0.2, 0.25) is 5.02 Å². The quantitative estimate of drug-likeness (QED) is 0.220. The van der Waals surface area contributed by atoms with E-state index in [0.717, 1.165) is 28.5 Å². The Morgan fingerprint density at radius 2 is 1.81 bits per heavy atom. The molecule has 4 aromatic carbocycles. The zero-order valence-electron chi connectivity index (χ0n) is 20.2. The monoisotopic (exact) mass is 529 g/mol. The van der Waals surface area contributed by atoms with Gasteiger partial charge >= 0.3 is 0 Å². The van der Waals surface area contributed by atoms with E-state index >= 15 is 0 Å². The summed E-state index contributed by atoms with van der Waals surface area (Å²) in [5, 5.41) is 8.49. The number of fused-ring (bicyclic) bond motifs is 2. The van der Waals surface area contributed by atoms with Crippen molar-refractivity contribution in [3.63, 3.8) is 0 Å². The number of anilines is 1. The number of oxazole rings is 1. The molecule has 2 N–H and O–H groups in total. The van der Waals surface area contributed by atoms with Gasteiger partial charge in [0.15, 0.2) is 10.7 Å². The molecule has 5 rings (SSSR count). The largest absolute Gasteiger partial charge is 0.491 e. The summed E-state index contributed by atoms with van der Waals surface area (Å²) in [6.07, 6.45) is 1.02. The van der Waals surface area contributed by atoms with Crippen molar-refractivity contribution >= 4 is 62.4 Å². The van der Waals surface area contributed by atoms with E-state index in [9.17, 15) is 4.79 Å². The van der Waals surface area contributed by atoms with Crippen LogP contribution in [0.15, 0.2) is 83.3 Å². The van der Waals surface area contributed by atoms with Crippen LogP contribution in [0.25, 0.3) is 33.3 Å². The van der Waals surface area contributed by atoms with Gasteiger partial charge in [-0.2, -0.15) is 0 Å². The zero-order chi connectivity index (χ0) is 25.9. The predicted molar refractivity (Wildman–Crippen MR) is 152 cm³/mol. The summed E-state index contributed by atoms with van der Waals surface area (Å²) >= 11 is 11.7. The molecule has 0 fully saturated rings. The molecule has 37 heavy (non-hydrogen) atoms. The molecule has 1 amide bonds. The summed E-state index contributed by atoms with van der Waals surface area (Å²) in [5.74, 6) is 0.905. The second-order valence-corrected chi connectivity index (χ2v) is 9.43. The molecule has 0 bridgehead atoms. The molecule has 0 aliphatic rings. The van der Waals surface area contributed by atoms with Crippen molar-refractivity contribution in [2.24, 2.45) is 0 Å². The maximum Gasteiger partial charge on any atom is 0.257 e.